The summed E-state index contributed by atoms with van der Waals surface area (Å²) in [5, 5.41) is 3.25. The Balaban J connectivity index is 2.08. The van der Waals surface area contributed by atoms with Gasteiger partial charge in [0.15, 0.2) is 0 Å². The summed E-state index contributed by atoms with van der Waals surface area (Å²) in [6.07, 6.45) is 2.18. The molecule has 0 fully saturated rings. The molecule has 0 radical (unpaired) electrons. The van der Waals surface area contributed by atoms with Crippen LogP contribution in [0.3, 0.4) is 0 Å². The molecule has 0 aliphatic rings. The highest BCUT2D eigenvalue weighted by Gasteiger charge is 2.08. The van der Waals surface area contributed by atoms with Crippen LogP contribution >= 0.6 is 0 Å². The van der Waals surface area contributed by atoms with Crippen molar-refractivity contribution >= 4 is 5.69 Å². The first-order chi connectivity index (χ1) is 9.58. The molecule has 20 heavy (non-hydrogen) atoms. The number of hydrogen-bond acceptors (Lipinski definition) is 1. The van der Waals surface area contributed by atoms with E-state index in [0.29, 0.717) is 5.56 Å². The lowest BCUT2D eigenvalue weighted by Gasteiger charge is -2.16. The lowest BCUT2D eigenvalue weighted by molar-refractivity contribution is 0.577. The van der Waals surface area contributed by atoms with Gasteiger partial charge in [-0.15, -0.1) is 0 Å². The van der Waals surface area contributed by atoms with E-state index in [4.69, 9.17) is 0 Å². The predicted molar refractivity (Wildman–Crippen MR) is 78.8 cm³/mol. The summed E-state index contributed by atoms with van der Waals surface area (Å²) in [6.45, 7) is 4.03. The van der Waals surface area contributed by atoms with Gasteiger partial charge in [0.25, 0.3) is 0 Å². The van der Waals surface area contributed by atoms with Crippen molar-refractivity contribution in [2.45, 2.75) is 32.7 Å². The Morgan fingerprint density at radius 1 is 1.00 bits per heavy atom. The van der Waals surface area contributed by atoms with E-state index in [0.717, 1.165) is 24.6 Å². The zero-order valence-electron chi connectivity index (χ0n) is 11.8. The summed E-state index contributed by atoms with van der Waals surface area (Å²) in [7, 11) is 0. The lowest BCUT2D eigenvalue weighted by Crippen LogP contribution is -2.07. The predicted octanol–water partition coefficient (Wildman–Crippen LogP) is 5.09. The molecule has 2 aromatic rings. The smallest absolute Gasteiger partial charge is 0.126 e. The minimum atomic E-state index is -0.549. The van der Waals surface area contributed by atoms with E-state index in [-0.39, 0.29) is 6.04 Å². The molecule has 0 aliphatic heterocycles. The molecule has 0 saturated heterocycles. The van der Waals surface area contributed by atoms with E-state index < -0.39 is 11.6 Å². The summed E-state index contributed by atoms with van der Waals surface area (Å²) in [4.78, 5) is 0. The monoisotopic (exact) mass is 275 g/mol. The lowest BCUT2D eigenvalue weighted by atomic mass is 10.1. The highest BCUT2D eigenvalue weighted by molar-refractivity contribution is 5.46. The quantitative estimate of drug-likeness (QED) is 0.801. The molecule has 0 saturated carbocycles. The summed E-state index contributed by atoms with van der Waals surface area (Å²) < 4.78 is 26.4. The minimum absolute atomic E-state index is 0.155. The molecule has 0 bridgehead atoms. The number of anilines is 1. The molecule has 106 valence electrons. The Bertz CT molecular complexity index is 543. The van der Waals surface area contributed by atoms with E-state index >= 15 is 0 Å². The van der Waals surface area contributed by atoms with Crippen LogP contribution in [0.2, 0.25) is 0 Å². The maximum Gasteiger partial charge on any atom is 0.126 e. The molecule has 1 nitrogen and oxygen atoms in total. The molecular weight excluding hydrogens is 256 g/mol. The third-order valence-corrected chi connectivity index (χ3v) is 3.26. The third-order valence-electron chi connectivity index (χ3n) is 3.26. The van der Waals surface area contributed by atoms with Crippen LogP contribution in [0, 0.1) is 11.6 Å². The number of nitrogens with one attached hydrogen (secondary N) is 1. The van der Waals surface area contributed by atoms with Crippen molar-refractivity contribution in [3.8, 4) is 0 Å². The second-order valence-electron chi connectivity index (χ2n) is 5.02. The third kappa shape index (κ3) is 3.80. The topological polar surface area (TPSA) is 12.0 Å². The van der Waals surface area contributed by atoms with Crippen molar-refractivity contribution in [2.24, 2.45) is 0 Å². The van der Waals surface area contributed by atoms with Gasteiger partial charge >= 0.3 is 0 Å². The van der Waals surface area contributed by atoms with E-state index in [2.05, 4.69) is 24.4 Å². The van der Waals surface area contributed by atoms with Crippen LogP contribution in [0.15, 0.2) is 42.5 Å². The molecule has 0 spiro atoms. The Labute approximate surface area is 118 Å². The molecule has 3 heteroatoms. The van der Waals surface area contributed by atoms with Crippen molar-refractivity contribution in [3.05, 3.63) is 65.2 Å². The van der Waals surface area contributed by atoms with Crippen LogP contribution in [-0.4, -0.2) is 0 Å². The van der Waals surface area contributed by atoms with Gasteiger partial charge in [-0.1, -0.05) is 25.5 Å². The number of benzene rings is 2. The molecule has 0 aromatic heterocycles. The Kier molecular flexibility index (Phi) is 4.72. The van der Waals surface area contributed by atoms with Gasteiger partial charge in [-0.2, -0.15) is 0 Å². The number of rotatable bonds is 5. The molecule has 2 rings (SSSR count). The van der Waals surface area contributed by atoms with Gasteiger partial charge in [-0.05, 0) is 48.7 Å². The number of aryl methyl sites for hydroxylation is 1. The summed E-state index contributed by atoms with van der Waals surface area (Å²) >= 11 is 0. The standard InChI is InChI=1S/C17H19F2N/c1-3-4-13-5-7-17(8-6-13)20-12(2)14-9-15(18)11-16(19)10-14/h5-12,20H,3-4H2,1-2H3. The van der Waals surface area contributed by atoms with Crippen molar-refractivity contribution in [2.75, 3.05) is 5.32 Å². The first-order valence-electron chi connectivity index (χ1n) is 6.90. The average molecular weight is 275 g/mol. The first-order valence-corrected chi connectivity index (χ1v) is 6.90. The molecule has 1 N–H and O–H groups in total. The highest BCUT2D eigenvalue weighted by Crippen LogP contribution is 2.21. The molecule has 1 atom stereocenters. The summed E-state index contributed by atoms with van der Waals surface area (Å²) in [5.74, 6) is -1.10. The van der Waals surface area contributed by atoms with Gasteiger partial charge in [0, 0.05) is 17.8 Å². The number of hydrogen-bond donors (Lipinski definition) is 1. The Morgan fingerprint density at radius 2 is 1.60 bits per heavy atom. The summed E-state index contributed by atoms with van der Waals surface area (Å²) in [5.41, 5.74) is 2.84. The van der Waals surface area contributed by atoms with E-state index in [1.54, 1.807) is 0 Å². The second kappa shape index (κ2) is 6.51. The van der Waals surface area contributed by atoms with Crippen LogP contribution in [0.4, 0.5) is 14.5 Å². The van der Waals surface area contributed by atoms with Crippen LogP contribution < -0.4 is 5.32 Å². The minimum Gasteiger partial charge on any atom is -0.379 e. The van der Waals surface area contributed by atoms with Crippen molar-refractivity contribution < 1.29 is 8.78 Å². The van der Waals surface area contributed by atoms with E-state index in [1.165, 1.54) is 17.7 Å². The van der Waals surface area contributed by atoms with Crippen LogP contribution in [-0.2, 0) is 6.42 Å². The Morgan fingerprint density at radius 3 is 2.15 bits per heavy atom. The first kappa shape index (κ1) is 14.5. The largest absolute Gasteiger partial charge is 0.379 e. The van der Waals surface area contributed by atoms with Crippen molar-refractivity contribution in [3.63, 3.8) is 0 Å². The molecule has 1 unspecified atom stereocenters. The zero-order chi connectivity index (χ0) is 14.5. The maximum absolute atomic E-state index is 13.2. The normalized spacial score (nSPS) is 12.2. The van der Waals surface area contributed by atoms with Gasteiger partial charge < -0.3 is 5.32 Å². The highest BCUT2D eigenvalue weighted by atomic mass is 19.1. The van der Waals surface area contributed by atoms with Crippen LogP contribution in [0.25, 0.3) is 0 Å². The SMILES string of the molecule is CCCc1ccc(NC(C)c2cc(F)cc(F)c2)cc1. The Hall–Kier alpha value is -1.90. The van der Waals surface area contributed by atoms with Gasteiger partial charge in [0.2, 0.25) is 0 Å². The molecule has 0 heterocycles. The molecule has 0 amide bonds. The van der Waals surface area contributed by atoms with Gasteiger partial charge in [-0.3, -0.25) is 0 Å². The fourth-order valence-electron chi connectivity index (χ4n) is 2.21. The zero-order valence-corrected chi connectivity index (χ0v) is 11.8. The second-order valence-corrected chi connectivity index (χ2v) is 5.02. The van der Waals surface area contributed by atoms with Crippen molar-refractivity contribution in [1.82, 2.24) is 0 Å². The molecular formula is C17H19F2N. The fraction of sp³-hybridized carbons (Fsp3) is 0.294. The van der Waals surface area contributed by atoms with E-state index in [9.17, 15) is 8.78 Å². The average Bonchev–Trinajstić information content (AvgIpc) is 2.40. The maximum atomic E-state index is 13.2. The van der Waals surface area contributed by atoms with Crippen LogP contribution in [0.1, 0.15) is 37.4 Å². The number of halogens is 2. The van der Waals surface area contributed by atoms with Crippen molar-refractivity contribution in [1.29, 1.82) is 0 Å². The van der Waals surface area contributed by atoms with E-state index in [1.807, 2.05) is 19.1 Å². The van der Waals surface area contributed by atoms with Crippen LogP contribution in [0.5, 0.6) is 0 Å². The van der Waals surface area contributed by atoms with Gasteiger partial charge in [-0.25, -0.2) is 8.78 Å². The fourth-order valence-corrected chi connectivity index (χ4v) is 2.21. The molecule has 2 aromatic carbocycles. The van der Waals surface area contributed by atoms with Gasteiger partial charge in [0.05, 0.1) is 0 Å². The summed E-state index contributed by atoms with van der Waals surface area (Å²) in [6, 6.07) is 11.6. The molecule has 0 aliphatic carbocycles. The van der Waals surface area contributed by atoms with Gasteiger partial charge in [0.1, 0.15) is 11.6 Å².